The van der Waals surface area contributed by atoms with E-state index in [1.807, 2.05) is 0 Å². The largest absolute Gasteiger partial charge is 0.367 e. The Kier molecular flexibility index (Phi) is 3.66. The molecule has 1 aromatic rings. The molecule has 2 fully saturated rings. The van der Waals surface area contributed by atoms with Crippen LogP contribution < -0.4 is 10.2 Å². The van der Waals surface area contributed by atoms with E-state index in [0.29, 0.717) is 12.1 Å². The van der Waals surface area contributed by atoms with Gasteiger partial charge in [0.1, 0.15) is 0 Å². The lowest BCUT2D eigenvalue weighted by Crippen LogP contribution is -2.53. The maximum absolute atomic E-state index is 3.99. The van der Waals surface area contributed by atoms with Crippen molar-refractivity contribution in [2.24, 2.45) is 5.92 Å². The molecular weight excluding hydrogens is 256 g/mol. The van der Waals surface area contributed by atoms with Gasteiger partial charge in [-0.3, -0.25) is 0 Å². The number of hydrogen-bond acceptors (Lipinski definition) is 2. The first-order valence-corrected chi connectivity index (χ1v) is 8.92. The predicted octanol–water partition coefficient (Wildman–Crippen LogP) is 3.75. The summed E-state index contributed by atoms with van der Waals surface area (Å²) in [6, 6.07) is 11.1. The number of rotatable bonds is 2. The summed E-state index contributed by atoms with van der Waals surface area (Å²) in [5, 5.41) is 3.99. The van der Waals surface area contributed by atoms with E-state index in [-0.39, 0.29) is 0 Å². The van der Waals surface area contributed by atoms with E-state index in [2.05, 4.69) is 41.4 Å². The standard InChI is InChI=1S/C19H28N2/c1-14-12-16-7-3-5-9-19(16)21(14)13-17-11-10-15-6-2-4-8-18(15)20-17/h3,5,7,9,14-15,17-18,20H,2,4,6,8,10-13H2,1H3. The van der Waals surface area contributed by atoms with Crippen LogP contribution in [0.4, 0.5) is 5.69 Å². The molecule has 21 heavy (non-hydrogen) atoms. The molecule has 2 nitrogen and oxygen atoms in total. The predicted molar refractivity (Wildman–Crippen MR) is 88.9 cm³/mol. The fourth-order valence-corrected chi connectivity index (χ4v) is 4.86. The number of fused-ring (bicyclic) bond motifs is 2. The molecule has 3 aliphatic rings. The second-order valence-electron chi connectivity index (χ2n) is 7.43. The molecule has 2 heterocycles. The van der Waals surface area contributed by atoms with Crippen molar-refractivity contribution in [3.8, 4) is 0 Å². The Labute approximate surface area is 128 Å². The summed E-state index contributed by atoms with van der Waals surface area (Å²) in [6.07, 6.45) is 9.81. The van der Waals surface area contributed by atoms with Crippen molar-refractivity contribution < 1.29 is 0 Å². The monoisotopic (exact) mass is 284 g/mol. The molecule has 1 aromatic carbocycles. The van der Waals surface area contributed by atoms with Crippen molar-refractivity contribution in [1.82, 2.24) is 5.32 Å². The lowest BCUT2D eigenvalue weighted by molar-refractivity contribution is 0.177. The van der Waals surface area contributed by atoms with E-state index in [1.165, 1.54) is 62.7 Å². The molecule has 1 N–H and O–H groups in total. The zero-order valence-corrected chi connectivity index (χ0v) is 13.2. The molecule has 0 spiro atoms. The average Bonchev–Trinajstić information content (AvgIpc) is 2.83. The Morgan fingerprint density at radius 1 is 1.10 bits per heavy atom. The van der Waals surface area contributed by atoms with Crippen LogP contribution in [-0.4, -0.2) is 24.7 Å². The molecule has 2 heteroatoms. The highest BCUT2D eigenvalue weighted by Crippen LogP contribution is 2.35. The van der Waals surface area contributed by atoms with E-state index in [4.69, 9.17) is 0 Å². The molecule has 0 amide bonds. The fraction of sp³-hybridized carbons (Fsp3) is 0.684. The van der Waals surface area contributed by atoms with Crippen molar-refractivity contribution in [2.45, 2.75) is 70.0 Å². The number of nitrogens with one attached hydrogen (secondary N) is 1. The van der Waals surface area contributed by atoms with Crippen molar-refractivity contribution in [3.05, 3.63) is 29.8 Å². The molecule has 4 rings (SSSR count). The first-order chi connectivity index (χ1) is 10.3. The second-order valence-corrected chi connectivity index (χ2v) is 7.43. The van der Waals surface area contributed by atoms with Gasteiger partial charge in [-0.25, -0.2) is 0 Å². The molecule has 114 valence electrons. The second kappa shape index (κ2) is 5.64. The molecule has 1 saturated carbocycles. The van der Waals surface area contributed by atoms with Crippen LogP contribution in [-0.2, 0) is 6.42 Å². The zero-order chi connectivity index (χ0) is 14.2. The van der Waals surface area contributed by atoms with Gasteiger partial charge < -0.3 is 10.2 Å². The van der Waals surface area contributed by atoms with Crippen molar-refractivity contribution in [3.63, 3.8) is 0 Å². The Bertz CT molecular complexity index is 498. The van der Waals surface area contributed by atoms with Gasteiger partial charge in [0.05, 0.1) is 0 Å². The van der Waals surface area contributed by atoms with Crippen LogP contribution in [0.2, 0.25) is 0 Å². The van der Waals surface area contributed by atoms with Gasteiger partial charge in [0.25, 0.3) is 0 Å². The highest BCUT2D eigenvalue weighted by Gasteiger charge is 2.34. The minimum absolute atomic E-state index is 0.660. The molecule has 0 bridgehead atoms. The Balaban J connectivity index is 1.44. The van der Waals surface area contributed by atoms with Crippen molar-refractivity contribution >= 4 is 5.69 Å². The first-order valence-electron chi connectivity index (χ1n) is 8.92. The molecule has 4 atom stereocenters. The fourth-order valence-electron chi connectivity index (χ4n) is 4.86. The summed E-state index contributed by atoms with van der Waals surface area (Å²) in [6.45, 7) is 3.58. The summed E-state index contributed by atoms with van der Waals surface area (Å²) < 4.78 is 0. The number of para-hydroxylation sites is 1. The molecule has 1 aliphatic carbocycles. The van der Waals surface area contributed by atoms with Crippen LogP contribution in [0.25, 0.3) is 0 Å². The normalized spacial score (nSPS) is 35.4. The summed E-state index contributed by atoms with van der Waals surface area (Å²) in [5.41, 5.74) is 3.02. The number of benzene rings is 1. The van der Waals surface area contributed by atoms with E-state index in [1.54, 1.807) is 0 Å². The first kappa shape index (κ1) is 13.6. The van der Waals surface area contributed by atoms with E-state index >= 15 is 0 Å². The van der Waals surface area contributed by atoms with E-state index in [9.17, 15) is 0 Å². The lowest BCUT2D eigenvalue weighted by Gasteiger charge is -2.42. The third kappa shape index (κ3) is 2.59. The smallest absolute Gasteiger partial charge is 0.0402 e. The van der Waals surface area contributed by atoms with Crippen LogP contribution in [0.15, 0.2) is 24.3 Å². The van der Waals surface area contributed by atoms with E-state index in [0.717, 1.165) is 12.0 Å². The third-order valence-electron chi connectivity index (χ3n) is 6.01. The number of hydrogen-bond donors (Lipinski definition) is 1. The van der Waals surface area contributed by atoms with Crippen molar-refractivity contribution in [1.29, 1.82) is 0 Å². The molecule has 0 radical (unpaired) electrons. The Hall–Kier alpha value is -1.02. The van der Waals surface area contributed by atoms with Gasteiger partial charge in [-0.15, -0.1) is 0 Å². The van der Waals surface area contributed by atoms with Gasteiger partial charge in [-0.1, -0.05) is 31.0 Å². The molecule has 4 unspecified atom stereocenters. The Morgan fingerprint density at radius 2 is 1.95 bits per heavy atom. The van der Waals surface area contributed by atoms with Gasteiger partial charge in [0, 0.05) is 30.4 Å². The summed E-state index contributed by atoms with van der Waals surface area (Å²) in [5.74, 6) is 0.971. The summed E-state index contributed by atoms with van der Waals surface area (Å²) in [7, 11) is 0. The van der Waals surface area contributed by atoms with Gasteiger partial charge in [-0.2, -0.15) is 0 Å². The summed E-state index contributed by atoms with van der Waals surface area (Å²) in [4.78, 5) is 2.65. The molecular formula is C19H28N2. The third-order valence-corrected chi connectivity index (χ3v) is 6.01. The van der Waals surface area contributed by atoms with Crippen LogP contribution in [0, 0.1) is 5.92 Å². The summed E-state index contributed by atoms with van der Waals surface area (Å²) >= 11 is 0. The quantitative estimate of drug-likeness (QED) is 0.890. The lowest BCUT2D eigenvalue weighted by atomic mass is 9.77. The van der Waals surface area contributed by atoms with E-state index < -0.39 is 0 Å². The van der Waals surface area contributed by atoms with Gasteiger partial charge in [0.15, 0.2) is 0 Å². The zero-order valence-electron chi connectivity index (χ0n) is 13.2. The van der Waals surface area contributed by atoms with Crippen LogP contribution >= 0.6 is 0 Å². The molecule has 0 aromatic heterocycles. The highest BCUT2D eigenvalue weighted by molar-refractivity contribution is 5.59. The van der Waals surface area contributed by atoms with Crippen LogP contribution in [0.1, 0.15) is 51.0 Å². The van der Waals surface area contributed by atoms with Gasteiger partial charge >= 0.3 is 0 Å². The number of anilines is 1. The highest BCUT2D eigenvalue weighted by atomic mass is 15.2. The Morgan fingerprint density at radius 3 is 2.90 bits per heavy atom. The topological polar surface area (TPSA) is 15.3 Å². The SMILES string of the molecule is CC1Cc2ccccc2N1CC1CCC2CCCCC2N1. The minimum atomic E-state index is 0.660. The van der Waals surface area contributed by atoms with Crippen LogP contribution in [0.3, 0.4) is 0 Å². The maximum atomic E-state index is 3.99. The maximum Gasteiger partial charge on any atom is 0.0402 e. The average molecular weight is 284 g/mol. The van der Waals surface area contributed by atoms with Gasteiger partial charge in [0.2, 0.25) is 0 Å². The number of nitrogens with zero attached hydrogens (tertiary/aromatic N) is 1. The number of piperidine rings is 1. The van der Waals surface area contributed by atoms with Gasteiger partial charge in [-0.05, 0) is 56.6 Å². The molecule has 1 saturated heterocycles. The minimum Gasteiger partial charge on any atom is -0.367 e. The molecule has 2 aliphatic heterocycles. The van der Waals surface area contributed by atoms with Crippen LogP contribution in [0.5, 0.6) is 0 Å². The van der Waals surface area contributed by atoms with Crippen molar-refractivity contribution in [2.75, 3.05) is 11.4 Å².